The molecule has 0 unspecified atom stereocenters. The molecule has 0 aromatic carbocycles. The van der Waals surface area contributed by atoms with Crippen LogP contribution in [0.1, 0.15) is 51.9 Å². The van der Waals surface area contributed by atoms with Gasteiger partial charge in [-0.1, -0.05) is 19.8 Å². The molecule has 0 heterocycles. The van der Waals surface area contributed by atoms with Crippen molar-refractivity contribution in [1.29, 1.82) is 0 Å². The fourth-order valence-corrected chi connectivity index (χ4v) is 4.83. The highest BCUT2D eigenvalue weighted by Crippen LogP contribution is 2.52. The van der Waals surface area contributed by atoms with Gasteiger partial charge in [-0.15, -0.1) is 0 Å². The predicted molar refractivity (Wildman–Crippen MR) is 75.0 cm³/mol. The number of hydrogen-bond donors (Lipinski definition) is 2. The number of nitrogens with one attached hydrogen (secondary N) is 1. The van der Waals surface area contributed by atoms with E-state index in [9.17, 15) is 14.7 Å². The van der Waals surface area contributed by atoms with Gasteiger partial charge in [0.15, 0.2) is 0 Å². The van der Waals surface area contributed by atoms with Crippen LogP contribution in [0.5, 0.6) is 0 Å². The smallest absolute Gasteiger partial charge is 0.307 e. The monoisotopic (exact) mass is 279 g/mol. The van der Waals surface area contributed by atoms with Crippen molar-refractivity contribution in [3.05, 3.63) is 0 Å². The number of carboxylic acids is 1. The summed E-state index contributed by atoms with van der Waals surface area (Å²) in [5.74, 6) is -0.406. The van der Waals surface area contributed by atoms with Crippen LogP contribution in [-0.4, -0.2) is 23.0 Å². The van der Waals surface area contributed by atoms with Crippen molar-refractivity contribution in [2.45, 2.75) is 57.9 Å². The molecule has 1 amide bonds. The van der Waals surface area contributed by atoms with Crippen LogP contribution in [0.3, 0.4) is 0 Å². The van der Waals surface area contributed by atoms with E-state index < -0.39 is 11.9 Å². The third-order valence-electron chi connectivity index (χ3n) is 5.94. The van der Waals surface area contributed by atoms with Crippen LogP contribution >= 0.6 is 0 Å². The molecule has 3 aliphatic carbocycles. The first kappa shape index (κ1) is 13.9. The molecular weight excluding hydrogens is 254 g/mol. The maximum atomic E-state index is 12.6. The Morgan fingerprint density at radius 3 is 2.30 bits per heavy atom. The lowest BCUT2D eigenvalue weighted by Gasteiger charge is -2.33. The van der Waals surface area contributed by atoms with Crippen LogP contribution < -0.4 is 5.32 Å². The minimum absolute atomic E-state index is 0.0170. The number of hydrogen-bond acceptors (Lipinski definition) is 2. The van der Waals surface area contributed by atoms with Gasteiger partial charge in [0.05, 0.1) is 11.8 Å². The fourth-order valence-electron chi connectivity index (χ4n) is 4.83. The first-order valence-corrected chi connectivity index (χ1v) is 8.11. The molecule has 4 nitrogen and oxygen atoms in total. The molecule has 0 radical (unpaired) electrons. The topological polar surface area (TPSA) is 66.4 Å². The van der Waals surface area contributed by atoms with Crippen molar-refractivity contribution in [2.24, 2.45) is 29.6 Å². The third-order valence-corrected chi connectivity index (χ3v) is 5.94. The van der Waals surface area contributed by atoms with Gasteiger partial charge in [-0.05, 0) is 49.9 Å². The summed E-state index contributed by atoms with van der Waals surface area (Å²) < 4.78 is 0. The Bertz CT molecular complexity index is 409. The number of aliphatic carboxylic acids is 1. The Morgan fingerprint density at radius 1 is 1.00 bits per heavy atom. The predicted octanol–water partition coefficient (Wildman–Crippen LogP) is 2.43. The highest BCUT2D eigenvalue weighted by Gasteiger charge is 2.54. The van der Waals surface area contributed by atoms with Gasteiger partial charge in [0.2, 0.25) is 5.91 Å². The molecule has 3 fully saturated rings. The molecule has 0 aliphatic heterocycles. The van der Waals surface area contributed by atoms with Crippen LogP contribution in [0.25, 0.3) is 0 Å². The Balaban J connectivity index is 1.68. The van der Waals surface area contributed by atoms with E-state index in [1.807, 2.05) is 0 Å². The average molecular weight is 279 g/mol. The molecule has 3 rings (SSSR count). The number of fused-ring (bicyclic) bond motifs is 2. The van der Waals surface area contributed by atoms with Crippen LogP contribution in [0.2, 0.25) is 0 Å². The zero-order valence-electron chi connectivity index (χ0n) is 12.2. The molecule has 2 bridgehead atoms. The third kappa shape index (κ3) is 2.33. The zero-order valence-corrected chi connectivity index (χ0v) is 12.2. The van der Waals surface area contributed by atoms with E-state index in [-0.39, 0.29) is 23.8 Å². The van der Waals surface area contributed by atoms with Gasteiger partial charge in [-0.25, -0.2) is 0 Å². The minimum Gasteiger partial charge on any atom is -0.481 e. The summed E-state index contributed by atoms with van der Waals surface area (Å²) >= 11 is 0. The highest BCUT2D eigenvalue weighted by atomic mass is 16.4. The lowest BCUT2D eigenvalue weighted by atomic mass is 9.78. The summed E-state index contributed by atoms with van der Waals surface area (Å²) in [5, 5.41) is 12.6. The maximum Gasteiger partial charge on any atom is 0.307 e. The molecule has 0 saturated heterocycles. The molecule has 112 valence electrons. The molecule has 4 heteroatoms. The summed E-state index contributed by atoms with van der Waals surface area (Å²) in [6, 6.07) is 0.254. The van der Waals surface area contributed by atoms with Crippen LogP contribution in [0.4, 0.5) is 0 Å². The molecule has 0 aromatic heterocycles. The average Bonchev–Trinajstić information content (AvgIpc) is 3.01. The summed E-state index contributed by atoms with van der Waals surface area (Å²) in [6.45, 7) is 2.19. The van der Waals surface area contributed by atoms with E-state index in [4.69, 9.17) is 0 Å². The second kappa shape index (κ2) is 5.38. The Kier molecular flexibility index (Phi) is 3.74. The number of carbonyl (C=O) groups excluding carboxylic acids is 1. The molecule has 3 saturated carbocycles. The summed E-state index contributed by atoms with van der Waals surface area (Å²) in [5.41, 5.74) is 0. The minimum atomic E-state index is -0.769. The van der Waals surface area contributed by atoms with Gasteiger partial charge in [0.25, 0.3) is 0 Å². The van der Waals surface area contributed by atoms with E-state index in [0.717, 1.165) is 25.7 Å². The van der Waals surface area contributed by atoms with Crippen molar-refractivity contribution >= 4 is 11.9 Å². The summed E-state index contributed by atoms with van der Waals surface area (Å²) in [4.78, 5) is 24.1. The number of amides is 1. The zero-order chi connectivity index (χ0) is 14.3. The quantitative estimate of drug-likeness (QED) is 0.834. The van der Waals surface area contributed by atoms with Crippen molar-refractivity contribution in [3.63, 3.8) is 0 Å². The SMILES string of the molecule is C[C@@H]1CCCC[C@H]1NC(=O)[C@@H]1[C@H]2CC[C@@H](C2)[C@@H]1C(=O)O. The molecular formula is C16H25NO3. The van der Waals surface area contributed by atoms with Gasteiger partial charge in [0, 0.05) is 6.04 Å². The lowest BCUT2D eigenvalue weighted by molar-refractivity contribution is -0.149. The molecule has 0 aromatic rings. The standard InChI is InChI=1S/C16H25NO3/c1-9-4-2-3-5-12(9)17-15(18)13-10-6-7-11(8-10)14(13)16(19)20/h9-14H,2-8H2,1H3,(H,17,18)(H,19,20)/t9-,10+,11+,12-,13-,14+/m1/s1. The number of carboxylic acid groups (broad SMARTS) is 1. The highest BCUT2D eigenvalue weighted by molar-refractivity contribution is 5.86. The van der Waals surface area contributed by atoms with E-state index in [2.05, 4.69) is 12.2 Å². The molecule has 0 spiro atoms. The molecule has 6 atom stereocenters. The first-order chi connectivity index (χ1) is 9.58. The van der Waals surface area contributed by atoms with Gasteiger partial charge >= 0.3 is 5.97 Å². The largest absolute Gasteiger partial charge is 0.481 e. The summed E-state index contributed by atoms with van der Waals surface area (Å²) in [7, 11) is 0. The fraction of sp³-hybridized carbons (Fsp3) is 0.875. The van der Waals surface area contributed by atoms with E-state index in [0.29, 0.717) is 11.8 Å². The lowest BCUT2D eigenvalue weighted by Crippen LogP contribution is -2.47. The van der Waals surface area contributed by atoms with Crippen LogP contribution in [0.15, 0.2) is 0 Å². The van der Waals surface area contributed by atoms with Crippen molar-refractivity contribution in [1.82, 2.24) is 5.32 Å². The van der Waals surface area contributed by atoms with E-state index in [1.165, 1.54) is 19.3 Å². The molecule has 2 N–H and O–H groups in total. The first-order valence-electron chi connectivity index (χ1n) is 8.11. The maximum absolute atomic E-state index is 12.6. The second-order valence-electron chi connectivity index (χ2n) is 7.10. The van der Waals surface area contributed by atoms with Crippen molar-refractivity contribution < 1.29 is 14.7 Å². The Morgan fingerprint density at radius 2 is 1.65 bits per heavy atom. The Labute approximate surface area is 120 Å². The summed E-state index contributed by atoms with van der Waals surface area (Å²) in [6.07, 6.45) is 7.61. The van der Waals surface area contributed by atoms with Crippen LogP contribution in [0, 0.1) is 29.6 Å². The van der Waals surface area contributed by atoms with Crippen LogP contribution in [-0.2, 0) is 9.59 Å². The molecule has 20 heavy (non-hydrogen) atoms. The second-order valence-corrected chi connectivity index (χ2v) is 7.10. The van der Waals surface area contributed by atoms with Gasteiger partial charge in [0.1, 0.15) is 0 Å². The van der Waals surface area contributed by atoms with Gasteiger partial charge in [-0.2, -0.15) is 0 Å². The van der Waals surface area contributed by atoms with Gasteiger partial charge in [-0.3, -0.25) is 9.59 Å². The van der Waals surface area contributed by atoms with Gasteiger partial charge < -0.3 is 10.4 Å². The number of carbonyl (C=O) groups is 2. The van der Waals surface area contributed by atoms with Crippen molar-refractivity contribution in [3.8, 4) is 0 Å². The molecule has 3 aliphatic rings. The Hall–Kier alpha value is -1.06. The van der Waals surface area contributed by atoms with E-state index >= 15 is 0 Å². The number of rotatable bonds is 3. The van der Waals surface area contributed by atoms with Crippen molar-refractivity contribution in [2.75, 3.05) is 0 Å². The normalized spacial score (nSPS) is 43.5. The van der Waals surface area contributed by atoms with E-state index in [1.54, 1.807) is 0 Å².